The molecule has 0 amide bonds. The fourth-order valence-corrected chi connectivity index (χ4v) is 9.79. The molecule has 0 spiro atoms. The number of hydrogen-bond donors (Lipinski definition) is 0. The maximum Gasteiger partial charge on any atom is 0.289 e. The molecule has 0 saturated carbocycles. The second kappa shape index (κ2) is 35.9. The molecule has 9 heteroatoms. The summed E-state index contributed by atoms with van der Waals surface area (Å²) < 4.78 is 40.5. The minimum Gasteiger partial charge on any atom is -0.381 e. The van der Waals surface area contributed by atoms with Crippen molar-refractivity contribution in [1.82, 2.24) is 4.31 Å². The lowest BCUT2D eigenvalue weighted by Crippen LogP contribution is -2.58. The molecule has 0 atom stereocenters. The summed E-state index contributed by atoms with van der Waals surface area (Å²) in [4.78, 5) is 10.8. The van der Waals surface area contributed by atoms with Gasteiger partial charge >= 0.3 is 0 Å². The number of para-hydroxylation sites is 1. The molecule has 60 heavy (non-hydrogen) atoms. The average Bonchev–Trinajstić information content (AvgIpc) is 3.23. The maximum atomic E-state index is 13.5. The summed E-state index contributed by atoms with van der Waals surface area (Å²) >= 11 is 0. The standard InChI is InChI=1S/C51H86N2O6S/c1-3-5-7-9-11-13-15-17-19-21-23-25-27-29-31-35-43-58-45-37-41-51(47-52(48-51)60(56,57)50-40-34-33-39-49(50)53(54)55)42-38-46-59-44-36-32-30-28-26-24-22-20-18-16-14-12-10-8-6-4-2/h11-14,17-20,33-34,39-40H,3-10,15-16,21-32,35-38,41-48H2,1-2H3/b13-11-,14-12-,19-17-,20-18-. The van der Waals surface area contributed by atoms with Crippen LogP contribution >= 0.6 is 0 Å². The summed E-state index contributed by atoms with van der Waals surface area (Å²) in [5.74, 6) is 0. The van der Waals surface area contributed by atoms with E-state index in [1.807, 2.05) is 0 Å². The van der Waals surface area contributed by atoms with Gasteiger partial charge in [-0.3, -0.25) is 10.1 Å². The third kappa shape index (κ3) is 25.4. The van der Waals surface area contributed by atoms with Crippen LogP contribution in [0.15, 0.2) is 77.8 Å². The predicted octanol–water partition coefficient (Wildman–Crippen LogP) is 14.8. The molecule has 0 aromatic heterocycles. The van der Waals surface area contributed by atoms with E-state index in [4.69, 9.17) is 9.47 Å². The van der Waals surface area contributed by atoms with E-state index in [0.29, 0.717) is 26.3 Å². The number of ether oxygens (including phenoxy) is 2. The molecular formula is C51H86N2O6S. The molecule has 342 valence electrons. The summed E-state index contributed by atoms with van der Waals surface area (Å²) in [7, 11) is -3.96. The Bertz CT molecular complexity index is 1370. The third-order valence-electron chi connectivity index (χ3n) is 11.7. The Balaban J connectivity index is 1.61. The second-order valence-corrected chi connectivity index (χ2v) is 19.0. The Morgan fingerprint density at radius 1 is 0.567 bits per heavy atom. The van der Waals surface area contributed by atoms with Crippen molar-refractivity contribution in [2.45, 2.75) is 199 Å². The summed E-state index contributed by atoms with van der Waals surface area (Å²) in [6.45, 7) is 8.11. The number of allylic oxidation sites excluding steroid dienone is 8. The van der Waals surface area contributed by atoms with Crippen molar-refractivity contribution in [2.75, 3.05) is 39.5 Å². The van der Waals surface area contributed by atoms with Crippen LogP contribution in [0.25, 0.3) is 0 Å². The molecule has 1 aromatic rings. The number of nitro benzene ring substituents is 1. The normalized spacial score (nSPS) is 14.7. The SMILES string of the molecule is CCCCC/C=C\C/C=C\CCCCCCCCOCCCC1(CCCOCCCCCCCC/C=C\C/C=C\CCCCC)CN(S(=O)(=O)c2ccccc2[N+](=O)[O-])C1. The molecule has 0 N–H and O–H groups in total. The second-order valence-electron chi connectivity index (χ2n) is 17.1. The highest BCUT2D eigenvalue weighted by Gasteiger charge is 2.48. The van der Waals surface area contributed by atoms with E-state index in [2.05, 4.69) is 62.5 Å². The third-order valence-corrected chi connectivity index (χ3v) is 13.5. The molecular weight excluding hydrogens is 769 g/mol. The topological polar surface area (TPSA) is 99.0 Å². The predicted molar refractivity (Wildman–Crippen MR) is 253 cm³/mol. The number of benzene rings is 1. The molecule has 1 fully saturated rings. The van der Waals surface area contributed by atoms with Crippen molar-refractivity contribution in [2.24, 2.45) is 5.41 Å². The van der Waals surface area contributed by atoms with E-state index in [1.54, 1.807) is 6.07 Å². The lowest BCUT2D eigenvalue weighted by molar-refractivity contribution is -0.387. The zero-order valence-corrected chi connectivity index (χ0v) is 39.0. The van der Waals surface area contributed by atoms with Crippen molar-refractivity contribution < 1.29 is 22.8 Å². The largest absolute Gasteiger partial charge is 0.381 e. The number of hydrogen-bond acceptors (Lipinski definition) is 6. The zero-order chi connectivity index (χ0) is 43.3. The number of unbranched alkanes of at least 4 members (excludes halogenated alkanes) is 18. The Labute approximate surface area is 367 Å². The van der Waals surface area contributed by atoms with Crippen LogP contribution in [-0.4, -0.2) is 57.2 Å². The first-order chi connectivity index (χ1) is 29.4. The molecule has 8 nitrogen and oxygen atoms in total. The summed E-state index contributed by atoms with van der Waals surface area (Å²) in [6.07, 6.45) is 51.4. The van der Waals surface area contributed by atoms with Crippen LogP contribution < -0.4 is 0 Å². The van der Waals surface area contributed by atoms with Crippen molar-refractivity contribution in [3.8, 4) is 0 Å². The van der Waals surface area contributed by atoms with E-state index in [1.165, 1.54) is 151 Å². The highest BCUT2D eigenvalue weighted by atomic mass is 32.2. The Morgan fingerprint density at radius 2 is 0.950 bits per heavy atom. The van der Waals surface area contributed by atoms with Gasteiger partial charge in [-0.15, -0.1) is 0 Å². The monoisotopic (exact) mass is 855 g/mol. The molecule has 2 rings (SSSR count). The van der Waals surface area contributed by atoms with Crippen molar-refractivity contribution >= 4 is 15.7 Å². The van der Waals surface area contributed by atoms with E-state index in [9.17, 15) is 18.5 Å². The fourth-order valence-electron chi connectivity index (χ4n) is 7.97. The van der Waals surface area contributed by atoms with Gasteiger partial charge in [-0.2, -0.15) is 4.31 Å². The molecule has 1 aliphatic rings. The van der Waals surface area contributed by atoms with Crippen LogP contribution in [0.1, 0.15) is 194 Å². The van der Waals surface area contributed by atoms with Crippen LogP contribution in [0.2, 0.25) is 0 Å². The first-order valence-corrected chi connectivity index (χ1v) is 25.8. The Kier molecular flexibility index (Phi) is 32.1. The smallest absolute Gasteiger partial charge is 0.289 e. The summed E-state index contributed by atoms with van der Waals surface area (Å²) in [6, 6.07) is 5.66. The van der Waals surface area contributed by atoms with E-state index in [-0.39, 0.29) is 16.0 Å². The van der Waals surface area contributed by atoms with Crippen LogP contribution in [0.4, 0.5) is 5.69 Å². The minimum absolute atomic E-state index is 0.163. The molecule has 1 heterocycles. The van der Waals surface area contributed by atoms with E-state index >= 15 is 0 Å². The van der Waals surface area contributed by atoms with Crippen LogP contribution in [0.3, 0.4) is 0 Å². The number of nitrogens with zero attached hydrogens (tertiary/aromatic N) is 2. The van der Waals surface area contributed by atoms with Gasteiger partial charge in [-0.05, 0) is 114 Å². The van der Waals surface area contributed by atoms with Crippen molar-refractivity contribution in [3.63, 3.8) is 0 Å². The van der Waals surface area contributed by atoms with Gasteiger partial charge in [0.05, 0.1) is 4.92 Å². The quantitative estimate of drug-likeness (QED) is 0.0281. The molecule has 1 aromatic carbocycles. The molecule has 0 radical (unpaired) electrons. The first kappa shape index (κ1) is 53.5. The van der Waals surface area contributed by atoms with Crippen LogP contribution in [0, 0.1) is 15.5 Å². The van der Waals surface area contributed by atoms with Crippen molar-refractivity contribution in [3.05, 3.63) is 83.0 Å². The van der Waals surface area contributed by atoms with Gasteiger partial charge in [0.1, 0.15) is 0 Å². The van der Waals surface area contributed by atoms with Gasteiger partial charge in [-0.1, -0.05) is 152 Å². The highest BCUT2D eigenvalue weighted by Crippen LogP contribution is 2.43. The summed E-state index contributed by atoms with van der Waals surface area (Å²) in [5.41, 5.74) is -0.533. The fraction of sp³-hybridized carbons (Fsp3) is 0.725. The van der Waals surface area contributed by atoms with Crippen LogP contribution in [0.5, 0.6) is 0 Å². The first-order valence-electron chi connectivity index (χ1n) is 24.4. The minimum atomic E-state index is -3.96. The molecule has 1 aliphatic heterocycles. The Morgan fingerprint density at radius 3 is 1.38 bits per heavy atom. The number of rotatable bonds is 41. The maximum absolute atomic E-state index is 13.5. The van der Waals surface area contributed by atoms with Crippen LogP contribution in [-0.2, 0) is 19.5 Å². The zero-order valence-electron chi connectivity index (χ0n) is 38.2. The lowest BCUT2D eigenvalue weighted by Gasteiger charge is -2.49. The number of nitro groups is 1. The van der Waals surface area contributed by atoms with Gasteiger partial charge in [0.2, 0.25) is 10.0 Å². The highest BCUT2D eigenvalue weighted by molar-refractivity contribution is 7.89. The Hall–Kier alpha value is -2.59. The molecule has 0 unspecified atom stereocenters. The average molecular weight is 855 g/mol. The molecule has 0 aliphatic carbocycles. The van der Waals surface area contributed by atoms with E-state index < -0.39 is 14.9 Å². The van der Waals surface area contributed by atoms with Gasteiger partial charge in [-0.25, -0.2) is 8.42 Å². The van der Waals surface area contributed by atoms with E-state index in [0.717, 1.165) is 64.6 Å². The lowest BCUT2D eigenvalue weighted by atomic mass is 9.74. The summed E-state index contributed by atoms with van der Waals surface area (Å²) in [5, 5.41) is 11.6. The molecule has 0 bridgehead atoms. The molecule has 1 saturated heterocycles. The number of sulfonamides is 1. The van der Waals surface area contributed by atoms with Gasteiger partial charge in [0.15, 0.2) is 4.90 Å². The van der Waals surface area contributed by atoms with Gasteiger partial charge < -0.3 is 9.47 Å². The van der Waals surface area contributed by atoms with Crippen molar-refractivity contribution in [1.29, 1.82) is 0 Å². The van der Waals surface area contributed by atoms with Gasteiger partial charge in [0, 0.05) is 45.6 Å². The van der Waals surface area contributed by atoms with Gasteiger partial charge in [0.25, 0.3) is 5.69 Å².